The molecule has 4 heteroatoms. The Hall–Kier alpha value is -1.22. The van der Waals surface area contributed by atoms with E-state index in [1.165, 1.54) is 0 Å². The van der Waals surface area contributed by atoms with E-state index in [9.17, 15) is 4.79 Å². The summed E-state index contributed by atoms with van der Waals surface area (Å²) in [5, 5.41) is 3.51. The number of ether oxygens (including phenoxy) is 1. The molecule has 3 nitrogen and oxygen atoms in total. The van der Waals surface area contributed by atoms with Crippen molar-refractivity contribution in [3.63, 3.8) is 0 Å². The summed E-state index contributed by atoms with van der Waals surface area (Å²) in [6, 6.07) is 3.74. The Morgan fingerprint density at radius 1 is 1.53 bits per heavy atom. The second-order valence-electron chi connectivity index (χ2n) is 4.41. The van der Waals surface area contributed by atoms with Crippen LogP contribution in [0.2, 0.25) is 5.02 Å². The van der Waals surface area contributed by atoms with Gasteiger partial charge in [-0.1, -0.05) is 11.6 Å². The summed E-state index contributed by atoms with van der Waals surface area (Å²) in [7, 11) is 1.59. The molecular formula is C13H16ClNO2. The zero-order valence-corrected chi connectivity index (χ0v) is 10.8. The number of aryl methyl sites for hydroxylation is 1. The molecule has 0 aromatic heterocycles. The molecule has 0 atom stereocenters. The third kappa shape index (κ3) is 2.91. The summed E-state index contributed by atoms with van der Waals surface area (Å²) in [5.74, 6) is 1.06. The highest BCUT2D eigenvalue weighted by Crippen LogP contribution is 2.30. The fourth-order valence-corrected chi connectivity index (χ4v) is 1.98. The summed E-state index contributed by atoms with van der Waals surface area (Å²) in [6.45, 7) is 2.52. The fraction of sp³-hybridized carbons (Fsp3) is 0.462. The molecule has 1 aromatic rings. The average Bonchev–Trinajstić information content (AvgIpc) is 3.13. The maximum Gasteiger partial charge on any atom is 0.223 e. The van der Waals surface area contributed by atoms with Crippen molar-refractivity contribution in [3.8, 4) is 5.75 Å². The molecule has 1 amide bonds. The van der Waals surface area contributed by atoms with Gasteiger partial charge in [0.25, 0.3) is 0 Å². The number of halogens is 1. The number of carbonyl (C=O) groups is 1. The van der Waals surface area contributed by atoms with Crippen LogP contribution >= 0.6 is 11.6 Å². The lowest BCUT2D eigenvalue weighted by atomic mass is 10.1. The largest absolute Gasteiger partial charge is 0.495 e. The lowest BCUT2D eigenvalue weighted by molar-refractivity contribution is -0.122. The maximum absolute atomic E-state index is 11.5. The van der Waals surface area contributed by atoms with Crippen LogP contribution in [0.4, 0.5) is 0 Å². The van der Waals surface area contributed by atoms with Crippen molar-refractivity contribution in [2.24, 2.45) is 5.92 Å². The summed E-state index contributed by atoms with van der Waals surface area (Å²) in [6.07, 6.45) is 2.04. The van der Waals surface area contributed by atoms with E-state index >= 15 is 0 Å². The van der Waals surface area contributed by atoms with Crippen molar-refractivity contribution >= 4 is 17.5 Å². The molecule has 1 fully saturated rings. The van der Waals surface area contributed by atoms with Crippen LogP contribution in [0, 0.1) is 12.8 Å². The number of hydrogen-bond donors (Lipinski definition) is 1. The van der Waals surface area contributed by atoms with Gasteiger partial charge in [-0.05, 0) is 43.0 Å². The van der Waals surface area contributed by atoms with Gasteiger partial charge in [0.15, 0.2) is 0 Å². The third-order valence-electron chi connectivity index (χ3n) is 3.01. The minimum absolute atomic E-state index is 0.149. The van der Waals surface area contributed by atoms with Gasteiger partial charge >= 0.3 is 0 Å². The van der Waals surface area contributed by atoms with Gasteiger partial charge in [0.05, 0.1) is 12.1 Å². The van der Waals surface area contributed by atoms with Crippen LogP contribution in [0.1, 0.15) is 24.0 Å². The highest BCUT2D eigenvalue weighted by molar-refractivity contribution is 6.32. The zero-order chi connectivity index (χ0) is 12.4. The number of benzene rings is 1. The van der Waals surface area contributed by atoms with E-state index in [-0.39, 0.29) is 11.8 Å². The molecule has 1 saturated carbocycles. The summed E-state index contributed by atoms with van der Waals surface area (Å²) >= 11 is 6.05. The molecule has 1 aromatic carbocycles. The van der Waals surface area contributed by atoms with Crippen molar-refractivity contribution in [2.45, 2.75) is 26.3 Å². The number of amides is 1. The minimum Gasteiger partial charge on any atom is -0.495 e. The van der Waals surface area contributed by atoms with E-state index in [0.717, 1.165) is 24.0 Å². The molecule has 92 valence electrons. The molecule has 0 aliphatic heterocycles. The SMILES string of the molecule is COc1cc(C)c(CNC(=O)C2CC2)cc1Cl. The predicted octanol–water partition coefficient (Wildman–Crippen LogP) is 2.68. The predicted molar refractivity (Wildman–Crippen MR) is 67.3 cm³/mol. The van der Waals surface area contributed by atoms with E-state index in [1.807, 2.05) is 19.1 Å². The summed E-state index contributed by atoms with van der Waals surface area (Å²) < 4.78 is 5.14. The first kappa shape index (κ1) is 12.2. The minimum atomic E-state index is 0.149. The Kier molecular flexibility index (Phi) is 3.57. The maximum atomic E-state index is 11.5. The van der Waals surface area contributed by atoms with Gasteiger partial charge in [0.1, 0.15) is 5.75 Å². The van der Waals surface area contributed by atoms with Crippen molar-refractivity contribution < 1.29 is 9.53 Å². The molecule has 1 N–H and O–H groups in total. The number of methoxy groups -OCH3 is 1. The first-order chi connectivity index (χ1) is 8.11. The standard InChI is InChI=1S/C13H16ClNO2/c1-8-5-12(17-2)11(14)6-10(8)7-15-13(16)9-3-4-9/h5-6,9H,3-4,7H2,1-2H3,(H,15,16). The van der Waals surface area contributed by atoms with Crippen molar-refractivity contribution in [3.05, 3.63) is 28.3 Å². The Labute approximate surface area is 106 Å². The Morgan fingerprint density at radius 2 is 2.24 bits per heavy atom. The smallest absolute Gasteiger partial charge is 0.223 e. The molecule has 1 aliphatic carbocycles. The van der Waals surface area contributed by atoms with Crippen LogP contribution in [0.5, 0.6) is 5.75 Å². The number of nitrogens with one attached hydrogen (secondary N) is 1. The molecule has 1 aliphatic rings. The molecule has 0 unspecified atom stereocenters. The molecule has 0 heterocycles. The highest BCUT2D eigenvalue weighted by atomic mass is 35.5. The van der Waals surface area contributed by atoms with E-state index in [2.05, 4.69) is 5.32 Å². The molecular weight excluding hydrogens is 238 g/mol. The summed E-state index contributed by atoms with van der Waals surface area (Å²) in [4.78, 5) is 11.5. The fourth-order valence-electron chi connectivity index (χ4n) is 1.72. The van der Waals surface area contributed by atoms with Gasteiger partial charge in [-0.15, -0.1) is 0 Å². The van der Waals surface area contributed by atoms with Crippen LogP contribution in [-0.4, -0.2) is 13.0 Å². The third-order valence-corrected chi connectivity index (χ3v) is 3.31. The first-order valence-electron chi connectivity index (χ1n) is 5.72. The Morgan fingerprint density at radius 3 is 2.82 bits per heavy atom. The van der Waals surface area contributed by atoms with Crippen molar-refractivity contribution in [2.75, 3.05) is 7.11 Å². The molecule has 17 heavy (non-hydrogen) atoms. The van der Waals surface area contributed by atoms with Crippen LogP contribution in [0.25, 0.3) is 0 Å². The van der Waals surface area contributed by atoms with Crippen LogP contribution in [0.3, 0.4) is 0 Å². The molecule has 2 rings (SSSR count). The Bertz CT molecular complexity index is 441. The first-order valence-corrected chi connectivity index (χ1v) is 6.10. The van der Waals surface area contributed by atoms with Gasteiger partial charge in [-0.3, -0.25) is 4.79 Å². The number of rotatable bonds is 4. The normalized spacial score (nSPS) is 14.5. The zero-order valence-electron chi connectivity index (χ0n) is 10.0. The highest BCUT2D eigenvalue weighted by Gasteiger charge is 2.29. The van der Waals surface area contributed by atoms with Gasteiger partial charge in [-0.2, -0.15) is 0 Å². The van der Waals surface area contributed by atoms with Gasteiger partial charge in [0, 0.05) is 12.5 Å². The number of hydrogen-bond acceptors (Lipinski definition) is 2. The van der Waals surface area contributed by atoms with E-state index < -0.39 is 0 Å². The quantitative estimate of drug-likeness (QED) is 0.896. The summed E-state index contributed by atoms with van der Waals surface area (Å²) in [5.41, 5.74) is 2.10. The second kappa shape index (κ2) is 4.96. The monoisotopic (exact) mass is 253 g/mol. The topological polar surface area (TPSA) is 38.3 Å². The lowest BCUT2D eigenvalue weighted by Crippen LogP contribution is -2.24. The van der Waals surface area contributed by atoms with Gasteiger partial charge in [-0.25, -0.2) is 0 Å². The average molecular weight is 254 g/mol. The molecule has 0 saturated heterocycles. The van der Waals surface area contributed by atoms with Crippen molar-refractivity contribution in [1.82, 2.24) is 5.32 Å². The second-order valence-corrected chi connectivity index (χ2v) is 4.81. The van der Waals surface area contributed by atoms with Crippen LogP contribution in [0.15, 0.2) is 12.1 Å². The van der Waals surface area contributed by atoms with E-state index in [4.69, 9.17) is 16.3 Å². The van der Waals surface area contributed by atoms with E-state index in [1.54, 1.807) is 7.11 Å². The van der Waals surface area contributed by atoms with Gasteiger partial charge in [0.2, 0.25) is 5.91 Å². The van der Waals surface area contributed by atoms with Crippen molar-refractivity contribution in [1.29, 1.82) is 0 Å². The Balaban J connectivity index is 2.04. The van der Waals surface area contributed by atoms with Crippen LogP contribution < -0.4 is 10.1 Å². The number of carbonyl (C=O) groups excluding carboxylic acids is 1. The van der Waals surface area contributed by atoms with Crippen LogP contribution in [-0.2, 0) is 11.3 Å². The molecule has 0 spiro atoms. The molecule has 0 bridgehead atoms. The van der Waals surface area contributed by atoms with E-state index in [0.29, 0.717) is 17.3 Å². The van der Waals surface area contributed by atoms with Gasteiger partial charge < -0.3 is 10.1 Å². The molecule has 0 radical (unpaired) electrons. The lowest BCUT2D eigenvalue weighted by Gasteiger charge is -2.11.